The van der Waals surface area contributed by atoms with Gasteiger partial charge in [-0.15, -0.1) is 0 Å². The number of anilines is 1. The third-order valence-corrected chi connectivity index (χ3v) is 3.03. The average molecular weight is 229 g/mol. The Hall–Kier alpha value is -2.16. The molecule has 0 N–H and O–H groups in total. The summed E-state index contributed by atoms with van der Waals surface area (Å²) in [7, 11) is 0. The zero-order valence-corrected chi connectivity index (χ0v) is 9.20. The Kier molecular flexibility index (Phi) is 2.18. The number of nitrogens with zero attached hydrogens (tertiary/aromatic N) is 5. The van der Waals surface area contributed by atoms with Crippen molar-refractivity contribution in [1.29, 1.82) is 5.26 Å². The highest BCUT2D eigenvalue weighted by molar-refractivity contribution is 5.84. The molecule has 0 aromatic carbocycles. The first-order chi connectivity index (χ1) is 8.28. The van der Waals surface area contributed by atoms with Gasteiger partial charge in [-0.3, -0.25) is 4.79 Å². The predicted octanol–water partition coefficient (Wildman–Crippen LogP) is 0.117. The molecule has 1 aromatic rings. The minimum Gasteiger partial charge on any atom is -0.328 e. The molecule has 6 nitrogen and oxygen atoms in total. The van der Waals surface area contributed by atoms with Gasteiger partial charge in [-0.1, -0.05) is 0 Å². The summed E-state index contributed by atoms with van der Waals surface area (Å²) in [4.78, 5) is 23.6. The Balaban J connectivity index is 1.76. The summed E-state index contributed by atoms with van der Waals surface area (Å²) >= 11 is 0. The van der Waals surface area contributed by atoms with Gasteiger partial charge in [-0.05, 0) is 12.8 Å². The summed E-state index contributed by atoms with van der Waals surface area (Å²) in [6.45, 7) is 0.946. The number of hydrogen-bond donors (Lipinski definition) is 0. The normalized spacial score (nSPS) is 19.6. The van der Waals surface area contributed by atoms with Crippen molar-refractivity contribution in [2.24, 2.45) is 0 Å². The van der Waals surface area contributed by atoms with Crippen LogP contribution in [-0.2, 0) is 4.79 Å². The number of aromatic nitrogens is 2. The Morgan fingerprint density at radius 1 is 1.35 bits per heavy atom. The van der Waals surface area contributed by atoms with Crippen molar-refractivity contribution < 1.29 is 4.79 Å². The van der Waals surface area contributed by atoms with Gasteiger partial charge in [-0.2, -0.15) is 5.26 Å². The molecule has 17 heavy (non-hydrogen) atoms. The van der Waals surface area contributed by atoms with Crippen molar-refractivity contribution >= 4 is 11.7 Å². The van der Waals surface area contributed by atoms with Crippen LogP contribution in [0.5, 0.6) is 0 Å². The van der Waals surface area contributed by atoms with Crippen LogP contribution in [-0.4, -0.2) is 40.0 Å². The van der Waals surface area contributed by atoms with Gasteiger partial charge in [0.1, 0.15) is 18.4 Å². The second kappa shape index (κ2) is 3.70. The number of carbonyl (C=O) groups is 1. The Bertz CT molecular complexity index is 488. The molecule has 0 radical (unpaired) electrons. The molecule has 1 aliphatic carbocycles. The molecule has 0 unspecified atom stereocenters. The molecule has 86 valence electrons. The van der Waals surface area contributed by atoms with E-state index in [1.165, 1.54) is 6.20 Å². The fourth-order valence-electron chi connectivity index (χ4n) is 1.97. The van der Waals surface area contributed by atoms with E-state index in [1.54, 1.807) is 6.20 Å². The fraction of sp³-hybridized carbons (Fsp3) is 0.455. The van der Waals surface area contributed by atoms with Gasteiger partial charge in [0.15, 0.2) is 5.69 Å². The standard InChI is InChI=1S/C11H11N5O/c12-3-8-4-14-10(5-13-8)15-6-11(17)16(7-15)9-1-2-9/h4-5,9H,1-2,6-7H2. The third-order valence-electron chi connectivity index (χ3n) is 3.03. The van der Waals surface area contributed by atoms with Crippen LogP contribution < -0.4 is 4.90 Å². The summed E-state index contributed by atoms with van der Waals surface area (Å²) in [5, 5.41) is 8.63. The van der Waals surface area contributed by atoms with Crippen LogP contribution >= 0.6 is 0 Å². The van der Waals surface area contributed by atoms with Crippen molar-refractivity contribution in [2.75, 3.05) is 18.1 Å². The van der Waals surface area contributed by atoms with E-state index < -0.39 is 0 Å². The first kappa shape index (κ1) is 10.0. The second-order valence-corrected chi connectivity index (χ2v) is 4.31. The highest BCUT2D eigenvalue weighted by Gasteiger charge is 2.38. The molecule has 1 amide bonds. The molecule has 2 fully saturated rings. The van der Waals surface area contributed by atoms with Crippen LogP contribution in [0.3, 0.4) is 0 Å². The molecule has 6 heteroatoms. The lowest BCUT2D eigenvalue weighted by Gasteiger charge is -2.17. The second-order valence-electron chi connectivity index (χ2n) is 4.31. The molecule has 1 aliphatic heterocycles. The van der Waals surface area contributed by atoms with E-state index in [0.717, 1.165) is 12.8 Å². The number of hydrogen-bond acceptors (Lipinski definition) is 5. The topological polar surface area (TPSA) is 73.1 Å². The van der Waals surface area contributed by atoms with Crippen molar-refractivity contribution in [3.05, 3.63) is 18.1 Å². The smallest absolute Gasteiger partial charge is 0.243 e. The first-order valence-corrected chi connectivity index (χ1v) is 5.54. The molecular formula is C11H11N5O. The fourth-order valence-corrected chi connectivity index (χ4v) is 1.97. The molecule has 1 saturated heterocycles. The van der Waals surface area contributed by atoms with E-state index in [4.69, 9.17) is 5.26 Å². The van der Waals surface area contributed by atoms with Crippen molar-refractivity contribution in [3.63, 3.8) is 0 Å². The van der Waals surface area contributed by atoms with Crippen molar-refractivity contribution in [3.8, 4) is 6.07 Å². The highest BCUT2D eigenvalue weighted by Crippen LogP contribution is 2.30. The summed E-state index contributed by atoms with van der Waals surface area (Å²) in [5.74, 6) is 0.805. The maximum Gasteiger partial charge on any atom is 0.243 e. The molecule has 1 aromatic heterocycles. The van der Waals surface area contributed by atoms with Gasteiger partial charge in [-0.25, -0.2) is 9.97 Å². The van der Waals surface area contributed by atoms with Gasteiger partial charge in [0.2, 0.25) is 5.91 Å². The van der Waals surface area contributed by atoms with E-state index in [0.29, 0.717) is 30.8 Å². The van der Waals surface area contributed by atoms with Gasteiger partial charge < -0.3 is 9.80 Å². The van der Waals surface area contributed by atoms with Gasteiger partial charge in [0, 0.05) is 6.04 Å². The quantitative estimate of drug-likeness (QED) is 0.720. The van der Waals surface area contributed by atoms with Gasteiger partial charge in [0.05, 0.1) is 19.1 Å². The number of rotatable bonds is 2. The molecule has 2 heterocycles. The Labute approximate surface area is 98.5 Å². The molecule has 0 bridgehead atoms. The summed E-state index contributed by atoms with van der Waals surface area (Å²) in [6, 6.07) is 2.35. The highest BCUT2D eigenvalue weighted by atomic mass is 16.2. The van der Waals surface area contributed by atoms with Crippen molar-refractivity contribution in [1.82, 2.24) is 14.9 Å². The zero-order chi connectivity index (χ0) is 11.8. The van der Waals surface area contributed by atoms with Gasteiger partial charge in [0.25, 0.3) is 0 Å². The van der Waals surface area contributed by atoms with Crippen LogP contribution in [0.1, 0.15) is 18.5 Å². The molecule has 0 spiro atoms. The molecule has 2 aliphatic rings. The molecule has 1 saturated carbocycles. The van der Waals surface area contributed by atoms with Gasteiger partial charge >= 0.3 is 0 Å². The lowest BCUT2D eigenvalue weighted by Crippen LogP contribution is -2.29. The number of amides is 1. The van der Waals surface area contributed by atoms with Crippen LogP contribution in [0, 0.1) is 11.3 Å². The van der Waals surface area contributed by atoms with E-state index >= 15 is 0 Å². The van der Waals surface area contributed by atoms with E-state index in [-0.39, 0.29) is 5.91 Å². The van der Waals surface area contributed by atoms with E-state index in [9.17, 15) is 4.79 Å². The predicted molar refractivity (Wildman–Crippen MR) is 58.8 cm³/mol. The van der Waals surface area contributed by atoms with Crippen LogP contribution in [0.4, 0.5) is 5.82 Å². The maximum absolute atomic E-state index is 11.7. The zero-order valence-electron chi connectivity index (χ0n) is 9.20. The van der Waals surface area contributed by atoms with Crippen LogP contribution in [0.25, 0.3) is 0 Å². The number of nitriles is 1. The Morgan fingerprint density at radius 3 is 2.76 bits per heavy atom. The summed E-state index contributed by atoms with van der Waals surface area (Å²) in [6.07, 6.45) is 5.19. The van der Waals surface area contributed by atoms with Crippen LogP contribution in [0.15, 0.2) is 12.4 Å². The van der Waals surface area contributed by atoms with E-state index in [2.05, 4.69) is 9.97 Å². The van der Waals surface area contributed by atoms with E-state index in [1.807, 2.05) is 15.9 Å². The molecular weight excluding hydrogens is 218 g/mol. The monoisotopic (exact) mass is 229 g/mol. The molecule has 0 atom stereocenters. The maximum atomic E-state index is 11.7. The molecule has 3 rings (SSSR count). The lowest BCUT2D eigenvalue weighted by molar-refractivity contribution is -0.127. The number of carbonyl (C=O) groups excluding carboxylic acids is 1. The van der Waals surface area contributed by atoms with Crippen molar-refractivity contribution in [2.45, 2.75) is 18.9 Å². The summed E-state index contributed by atoms with van der Waals surface area (Å²) < 4.78 is 0. The Morgan fingerprint density at radius 2 is 2.18 bits per heavy atom. The summed E-state index contributed by atoms with van der Waals surface area (Å²) in [5.41, 5.74) is 0.290. The first-order valence-electron chi connectivity index (χ1n) is 5.54. The lowest BCUT2D eigenvalue weighted by atomic mass is 10.5. The third kappa shape index (κ3) is 1.80. The minimum atomic E-state index is 0.152. The average Bonchev–Trinajstić information content (AvgIpc) is 3.13. The minimum absolute atomic E-state index is 0.152. The van der Waals surface area contributed by atoms with Crippen LogP contribution in [0.2, 0.25) is 0 Å². The largest absolute Gasteiger partial charge is 0.328 e. The SMILES string of the molecule is N#Cc1cnc(N2CC(=O)N(C3CC3)C2)cn1.